The quantitative estimate of drug-likeness (QED) is 0.766. The highest BCUT2D eigenvalue weighted by Crippen LogP contribution is 2.15. The maximum Gasteiger partial charge on any atom is 0.127 e. The molecule has 1 rings (SSSR count). The van der Waals surface area contributed by atoms with Gasteiger partial charge in [0, 0.05) is 16.2 Å². The lowest BCUT2D eigenvalue weighted by Gasteiger charge is -1.98. The summed E-state index contributed by atoms with van der Waals surface area (Å²) in [5.41, 5.74) is 6.26. The Bertz CT molecular complexity index is 303. The number of nitrogen functional groups attached to an aromatic ring is 1. The lowest BCUT2D eigenvalue weighted by Crippen LogP contribution is -1.96. The smallest absolute Gasteiger partial charge is 0.127 e. The maximum atomic E-state index is 8.39. The van der Waals surface area contributed by atoms with E-state index in [4.69, 9.17) is 11.0 Å². The number of hydrogen-bond donors (Lipinski definition) is 1. The molecule has 2 N–H and O–H groups in total. The molecule has 0 spiro atoms. The number of pyridine rings is 1. The molecular formula is C7H6BrN3. The normalized spacial score (nSPS) is 9.09. The molecule has 1 aromatic rings. The molecular weight excluding hydrogens is 206 g/mol. The van der Waals surface area contributed by atoms with Crippen molar-refractivity contribution in [2.45, 2.75) is 6.42 Å². The molecule has 0 amide bonds. The molecule has 56 valence electrons. The van der Waals surface area contributed by atoms with Gasteiger partial charge in [-0.15, -0.1) is 0 Å². The Hall–Kier alpha value is -1.08. The number of nitriles is 1. The Morgan fingerprint density at radius 2 is 2.45 bits per heavy atom. The molecule has 0 radical (unpaired) electrons. The van der Waals surface area contributed by atoms with Crippen molar-refractivity contribution < 1.29 is 0 Å². The molecule has 3 nitrogen and oxygen atoms in total. The van der Waals surface area contributed by atoms with Crippen LogP contribution in [0.3, 0.4) is 0 Å². The van der Waals surface area contributed by atoms with Crippen molar-refractivity contribution >= 4 is 21.7 Å². The first-order valence-electron chi connectivity index (χ1n) is 3.01. The molecule has 0 atom stereocenters. The van der Waals surface area contributed by atoms with E-state index in [1.54, 1.807) is 12.3 Å². The summed E-state index contributed by atoms with van der Waals surface area (Å²) >= 11 is 3.24. The van der Waals surface area contributed by atoms with Gasteiger partial charge in [0.1, 0.15) is 5.82 Å². The third-order valence-corrected chi connectivity index (χ3v) is 1.67. The van der Waals surface area contributed by atoms with Gasteiger partial charge in [-0.3, -0.25) is 0 Å². The molecule has 1 heterocycles. The summed E-state index contributed by atoms with van der Waals surface area (Å²) in [7, 11) is 0. The highest BCUT2D eigenvalue weighted by atomic mass is 79.9. The average molecular weight is 212 g/mol. The van der Waals surface area contributed by atoms with Gasteiger partial charge >= 0.3 is 0 Å². The van der Waals surface area contributed by atoms with Crippen LogP contribution in [0.1, 0.15) is 5.56 Å². The van der Waals surface area contributed by atoms with E-state index in [1.807, 2.05) is 6.07 Å². The molecule has 0 saturated heterocycles. The molecule has 0 bridgehead atoms. The van der Waals surface area contributed by atoms with Crippen molar-refractivity contribution in [3.63, 3.8) is 0 Å². The first-order chi connectivity index (χ1) is 5.24. The van der Waals surface area contributed by atoms with Crippen molar-refractivity contribution in [1.29, 1.82) is 5.26 Å². The molecule has 0 aliphatic rings. The van der Waals surface area contributed by atoms with Gasteiger partial charge in [0.15, 0.2) is 0 Å². The molecule has 4 heteroatoms. The van der Waals surface area contributed by atoms with E-state index < -0.39 is 0 Å². The number of aromatic nitrogens is 1. The molecule has 0 aromatic carbocycles. The summed E-state index contributed by atoms with van der Waals surface area (Å²) in [5.74, 6) is 0.426. The minimum Gasteiger partial charge on any atom is -0.383 e. The summed E-state index contributed by atoms with van der Waals surface area (Å²) in [4.78, 5) is 3.88. The zero-order chi connectivity index (χ0) is 8.27. The van der Waals surface area contributed by atoms with Crippen molar-refractivity contribution in [3.05, 3.63) is 22.3 Å². The van der Waals surface area contributed by atoms with Crippen molar-refractivity contribution in [1.82, 2.24) is 4.98 Å². The van der Waals surface area contributed by atoms with Crippen LogP contribution in [0.2, 0.25) is 0 Å². The van der Waals surface area contributed by atoms with Gasteiger partial charge in [-0.1, -0.05) is 0 Å². The van der Waals surface area contributed by atoms with Crippen LogP contribution in [-0.4, -0.2) is 4.98 Å². The Morgan fingerprint density at radius 3 is 3.09 bits per heavy atom. The van der Waals surface area contributed by atoms with Gasteiger partial charge in [-0.2, -0.15) is 5.26 Å². The fourth-order valence-electron chi connectivity index (χ4n) is 0.719. The lowest BCUT2D eigenvalue weighted by atomic mass is 10.2. The van der Waals surface area contributed by atoms with Crippen LogP contribution in [0.25, 0.3) is 0 Å². The minimum atomic E-state index is 0.304. The van der Waals surface area contributed by atoms with Crippen molar-refractivity contribution in [2.24, 2.45) is 0 Å². The number of anilines is 1. The fourth-order valence-corrected chi connectivity index (χ4v) is 1.10. The Kier molecular flexibility index (Phi) is 2.44. The standard InChI is InChI=1S/C7H6BrN3/c8-6-3-5(1-2-9)7(10)11-4-6/h3-4H,1H2,(H2,10,11). The van der Waals surface area contributed by atoms with Crippen molar-refractivity contribution in [2.75, 3.05) is 5.73 Å². The highest BCUT2D eigenvalue weighted by molar-refractivity contribution is 9.10. The Morgan fingerprint density at radius 1 is 1.73 bits per heavy atom. The van der Waals surface area contributed by atoms with Gasteiger partial charge in [0.25, 0.3) is 0 Å². The number of rotatable bonds is 1. The van der Waals surface area contributed by atoms with Gasteiger partial charge in [0.2, 0.25) is 0 Å². The summed E-state index contributed by atoms with van der Waals surface area (Å²) < 4.78 is 0.844. The first-order valence-corrected chi connectivity index (χ1v) is 3.80. The topological polar surface area (TPSA) is 62.7 Å². The number of nitrogens with two attached hydrogens (primary N) is 1. The van der Waals surface area contributed by atoms with Crippen LogP contribution in [0.15, 0.2) is 16.7 Å². The predicted octanol–water partition coefficient (Wildman–Crippen LogP) is 1.49. The van der Waals surface area contributed by atoms with Crippen LogP contribution >= 0.6 is 15.9 Å². The van der Waals surface area contributed by atoms with E-state index in [0.29, 0.717) is 12.2 Å². The largest absolute Gasteiger partial charge is 0.383 e. The van der Waals surface area contributed by atoms with E-state index >= 15 is 0 Å². The third kappa shape index (κ3) is 1.92. The first kappa shape index (κ1) is 8.02. The average Bonchev–Trinajstić information content (AvgIpc) is 1.98. The number of halogens is 1. The lowest BCUT2D eigenvalue weighted by molar-refractivity contribution is 1.19. The van der Waals surface area contributed by atoms with Gasteiger partial charge < -0.3 is 5.73 Å². The zero-order valence-corrected chi connectivity index (χ0v) is 7.30. The summed E-state index contributed by atoms with van der Waals surface area (Å²) in [5, 5.41) is 8.39. The Balaban J connectivity index is 3.05. The second-order valence-electron chi connectivity index (χ2n) is 2.03. The summed E-state index contributed by atoms with van der Waals surface area (Å²) in [6.07, 6.45) is 1.91. The third-order valence-electron chi connectivity index (χ3n) is 1.24. The molecule has 0 unspecified atom stereocenters. The summed E-state index contributed by atoms with van der Waals surface area (Å²) in [6, 6.07) is 3.81. The molecule has 0 aliphatic carbocycles. The molecule has 0 aliphatic heterocycles. The minimum absolute atomic E-state index is 0.304. The monoisotopic (exact) mass is 211 g/mol. The van der Waals surface area contributed by atoms with Crippen LogP contribution in [0.4, 0.5) is 5.82 Å². The van der Waals surface area contributed by atoms with Gasteiger partial charge in [-0.25, -0.2) is 4.98 Å². The van der Waals surface area contributed by atoms with E-state index in [9.17, 15) is 0 Å². The van der Waals surface area contributed by atoms with E-state index in [0.717, 1.165) is 10.0 Å². The summed E-state index contributed by atoms with van der Waals surface area (Å²) in [6.45, 7) is 0. The van der Waals surface area contributed by atoms with E-state index in [2.05, 4.69) is 20.9 Å². The second-order valence-corrected chi connectivity index (χ2v) is 2.95. The highest BCUT2D eigenvalue weighted by Gasteiger charge is 1.99. The van der Waals surface area contributed by atoms with Crippen LogP contribution in [-0.2, 0) is 6.42 Å². The maximum absolute atomic E-state index is 8.39. The number of hydrogen-bond acceptors (Lipinski definition) is 3. The molecule has 11 heavy (non-hydrogen) atoms. The van der Waals surface area contributed by atoms with E-state index in [-0.39, 0.29) is 0 Å². The molecule has 1 aromatic heterocycles. The van der Waals surface area contributed by atoms with Crippen LogP contribution in [0.5, 0.6) is 0 Å². The number of nitrogens with zero attached hydrogens (tertiary/aromatic N) is 2. The van der Waals surface area contributed by atoms with Crippen molar-refractivity contribution in [3.8, 4) is 6.07 Å². The SMILES string of the molecule is N#CCc1cc(Br)cnc1N. The zero-order valence-electron chi connectivity index (χ0n) is 5.71. The fraction of sp³-hybridized carbons (Fsp3) is 0.143. The Labute approximate surface area is 73.0 Å². The van der Waals surface area contributed by atoms with Gasteiger partial charge in [-0.05, 0) is 22.0 Å². The second kappa shape index (κ2) is 3.35. The molecule has 0 saturated carbocycles. The van der Waals surface area contributed by atoms with E-state index in [1.165, 1.54) is 0 Å². The van der Waals surface area contributed by atoms with Crippen LogP contribution < -0.4 is 5.73 Å². The molecule has 0 fully saturated rings. The van der Waals surface area contributed by atoms with Crippen LogP contribution in [0, 0.1) is 11.3 Å². The predicted molar refractivity (Wildman–Crippen MR) is 45.7 cm³/mol. The van der Waals surface area contributed by atoms with Gasteiger partial charge in [0.05, 0.1) is 12.5 Å².